The highest BCUT2D eigenvalue weighted by atomic mass is 32.1. The van der Waals surface area contributed by atoms with E-state index in [-0.39, 0.29) is 0 Å². The Bertz CT molecular complexity index is 450. The van der Waals surface area contributed by atoms with E-state index in [0.717, 1.165) is 13.0 Å². The van der Waals surface area contributed by atoms with Gasteiger partial charge in [-0.2, -0.15) is 11.3 Å². The van der Waals surface area contributed by atoms with E-state index in [2.05, 4.69) is 59.4 Å². The van der Waals surface area contributed by atoms with Crippen LogP contribution in [0, 0.1) is 0 Å². The van der Waals surface area contributed by atoms with E-state index in [1.807, 2.05) is 0 Å². The van der Waals surface area contributed by atoms with Crippen molar-refractivity contribution < 1.29 is 0 Å². The summed E-state index contributed by atoms with van der Waals surface area (Å²) in [4.78, 5) is 0. The van der Waals surface area contributed by atoms with Crippen LogP contribution in [0.15, 0.2) is 47.2 Å². The van der Waals surface area contributed by atoms with E-state index in [0.29, 0.717) is 6.04 Å². The Labute approximate surface area is 127 Å². The van der Waals surface area contributed by atoms with E-state index >= 15 is 0 Å². The maximum Gasteiger partial charge on any atom is 0.0108 e. The van der Waals surface area contributed by atoms with E-state index in [1.165, 1.54) is 36.8 Å². The SMILES string of the molecule is CCCNC(CCCc1ccccc1)Cc1ccsc1. The number of nitrogens with one attached hydrogen (secondary N) is 1. The van der Waals surface area contributed by atoms with Gasteiger partial charge >= 0.3 is 0 Å². The first-order valence-corrected chi connectivity index (χ1v) is 8.61. The molecule has 0 radical (unpaired) electrons. The third-order valence-electron chi connectivity index (χ3n) is 3.61. The Kier molecular flexibility index (Phi) is 6.82. The van der Waals surface area contributed by atoms with Crippen molar-refractivity contribution in [3.05, 3.63) is 58.3 Å². The molecule has 0 aliphatic heterocycles. The van der Waals surface area contributed by atoms with Gasteiger partial charge in [-0.3, -0.25) is 0 Å². The second-order valence-electron chi connectivity index (χ2n) is 5.36. The van der Waals surface area contributed by atoms with Gasteiger partial charge in [0.2, 0.25) is 0 Å². The van der Waals surface area contributed by atoms with E-state index in [9.17, 15) is 0 Å². The molecule has 1 nitrogen and oxygen atoms in total. The van der Waals surface area contributed by atoms with Crippen molar-refractivity contribution in [2.45, 2.75) is 45.1 Å². The normalized spacial score (nSPS) is 12.4. The van der Waals surface area contributed by atoms with Crippen LogP contribution in [0.4, 0.5) is 0 Å². The topological polar surface area (TPSA) is 12.0 Å². The van der Waals surface area contributed by atoms with Crippen LogP contribution in [0.5, 0.6) is 0 Å². The molecule has 1 N–H and O–H groups in total. The molecule has 2 rings (SSSR count). The fourth-order valence-electron chi connectivity index (χ4n) is 2.52. The molecule has 0 saturated heterocycles. The summed E-state index contributed by atoms with van der Waals surface area (Å²) < 4.78 is 0. The Morgan fingerprint density at radius 2 is 1.95 bits per heavy atom. The fraction of sp³-hybridized carbons (Fsp3) is 0.444. The van der Waals surface area contributed by atoms with Crippen molar-refractivity contribution >= 4 is 11.3 Å². The van der Waals surface area contributed by atoms with Gasteiger partial charge < -0.3 is 5.32 Å². The lowest BCUT2D eigenvalue weighted by Crippen LogP contribution is -2.31. The highest BCUT2D eigenvalue weighted by Gasteiger charge is 2.09. The minimum atomic E-state index is 0.619. The van der Waals surface area contributed by atoms with Crippen LogP contribution >= 0.6 is 11.3 Å². The standard InChI is InChI=1S/C18H25NS/c1-2-12-19-18(14-17-11-13-20-15-17)10-6-9-16-7-4-3-5-8-16/h3-5,7-8,11,13,15,18-19H,2,6,9-10,12,14H2,1H3. The van der Waals surface area contributed by atoms with Crippen LogP contribution in [0.25, 0.3) is 0 Å². The maximum atomic E-state index is 3.70. The molecule has 20 heavy (non-hydrogen) atoms. The largest absolute Gasteiger partial charge is 0.314 e. The maximum absolute atomic E-state index is 3.70. The van der Waals surface area contributed by atoms with Crippen LogP contribution in [-0.4, -0.2) is 12.6 Å². The van der Waals surface area contributed by atoms with Gasteiger partial charge in [0, 0.05) is 6.04 Å². The van der Waals surface area contributed by atoms with Gasteiger partial charge in [-0.05, 0) is 66.6 Å². The second kappa shape index (κ2) is 8.93. The van der Waals surface area contributed by atoms with Gasteiger partial charge in [0.1, 0.15) is 0 Å². The molecule has 1 heterocycles. The summed E-state index contributed by atoms with van der Waals surface area (Å²) in [5.41, 5.74) is 2.93. The van der Waals surface area contributed by atoms with Crippen molar-refractivity contribution in [2.24, 2.45) is 0 Å². The van der Waals surface area contributed by atoms with E-state index < -0.39 is 0 Å². The van der Waals surface area contributed by atoms with Gasteiger partial charge in [0.05, 0.1) is 0 Å². The molecule has 0 bridgehead atoms. The molecule has 1 atom stereocenters. The molecule has 0 spiro atoms. The number of benzene rings is 1. The lowest BCUT2D eigenvalue weighted by molar-refractivity contribution is 0.465. The highest BCUT2D eigenvalue weighted by Crippen LogP contribution is 2.13. The third kappa shape index (κ3) is 5.48. The number of rotatable bonds is 9. The van der Waals surface area contributed by atoms with Crippen LogP contribution in [0.2, 0.25) is 0 Å². The van der Waals surface area contributed by atoms with Crippen LogP contribution < -0.4 is 5.32 Å². The Morgan fingerprint density at radius 1 is 1.10 bits per heavy atom. The predicted molar refractivity (Wildman–Crippen MR) is 89.5 cm³/mol. The fourth-order valence-corrected chi connectivity index (χ4v) is 3.20. The first-order valence-electron chi connectivity index (χ1n) is 7.67. The van der Waals surface area contributed by atoms with Crippen LogP contribution in [0.3, 0.4) is 0 Å². The van der Waals surface area contributed by atoms with Crippen LogP contribution in [-0.2, 0) is 12.8 Å². The molecule has 1 aromatic carbocycles. The van der Waals surface area contributed by atoms with Crippen molar-refractivity contribution in [1.82, 2.24) is 5.32 Å². The molecule has 0 amide bonds. The molecule has 0 aliphatic carbocycles. The molecule has 2 heteroatoms. The quantitative estimate of drug-likeness (QED) is 0.706. The summed E-state index contributed by atoms with van der Waals surface area (Å²) in [7, 11) is 0. The average molecular weight is 287 g/mol. The zero-order valence-electron chi connectivity index (χ0n) is 12.3. The monoisotopic (exact) mass is 287 g/mol. The molecule has 108 valence electrons. The average Bonchev–Trinajstić information content (AvgIpc) is 2.98. The number of hydrogen-bond acceptors (Lipinski definition) is 2. The highest BCUT2D eigenvalue weighted by molar-refractivity contribution is 7.07. The predicted octanol–water partition coefficient (Wildman–Crippen LogP) is 4.68. The summed E-state index contributed by atoms with van der Waals surface area (Å²) in [6.07, 6.45) is 6.08. The third-order valence-corrected chi connectivity index (χ3v) is 4.34. The van der Waals surface area contributed by atoms with Gasteiger partial charge in [-0.15, -0.1) is 0 Å². The number of aryl methyl sites for hydroxylation is 1. The van der Waals surface area contributed by atoms with Gasteiger partial charge in [0.15, 0.2) is 0 Å². The van der Waals surface area contributed by atoms with Crippen molar-refractivity contribution in [1.29, 1.82) is 0 Å². The van der Waals surface area contributed by atoms with Gasteiger partial charge in [-0.25, -0.2) is 0 Å². The molecule has 0 saturated carbocycles. The lowest BCUT2D eigenvalue weighted by atomic mass is 10.0. The van der Waals surface area contributed by atoms with Crippen molar-refractivity contribution in [2.75, 3.05) is 6.54 Å². The van der Waals surface area contributed by atoms with Gasteiger partial charge in [-0.1, -0.05) is 37.3 Å². The summed E-state index contributed by atoms with van der Waals surface area (Å²) in [6.45, 7) is 3.36. The Balaban J connectivity index is 1.78. The van der Waals surface area contributed by atoms with E-state index in [1.54, 1.807) is 11.3 Å². The molecular weight excluding hydrogens is 262 g/mol. The first-order chi connectivity index (χ1) is 9.88. The van der Waals surface area contributed by atoms with Crippen molar-refractivity contribution in [3.63, 3.8) is 0 Å². The molecule has 0 fully saturated rings. The second-order valence-corrected chi connectivity index (χ2v) is 6.14. The molecule has 1 unspecified atom stereocenters. The first kappa shape index (κ1) is 15.3. The Morgan fingerprint density at radius 3 is 2.65 bits per heavy atom. The van der Waals surface area contributed by atoms with Crippen molar-refractivity contribution in [3.8, 4) is 0 Å². The Hall–Kier alpha value is -1.12. The lowest BCUT2D eigenvalue weighted by Gasteiger charge is -2.18. The smallest absolute Gasteiger partial charge is 0.0108 e. The zero-order valence-corrected chi connectivity index (χ0v) is 13.2. The molecule has 0 aliphatic rings. The summed E-state index contributed by atoms with van der Waals surface area (Å²) in [5, 5.41) is 8.15. The van der Waals surface area contributed by atoms with Gasteiger partial charge in [0.25, 0.3) is 0 Å². The minimum Gasteiger partial charge on any atom is -0.314 e. The van der Waals surface area contributed by atoms with Crippen LogP contribution in [0.1, 0.15) is 37.3 Å². The van der Waals surface area contributed by atoms with E-state index in [4.69, 9.17) is 0 Å². The summed E-state index contributed by atoms with van der Waals surface area (Å²) in [5.74, 6) is 0. The molecule has 1 aromatic heterocycles. The minimum absolute atomic E-state index is 0.619. The summed E-state index contributed by atoms with van der Waals surface area (Å²) in [6, 6.07) is 13.7. The molecule has 2 aromatic rings. The zero-order chi connectivity index (χ0) is 14.0. The number of hydrogen-bond donors (Lipinski definition) is 1. The summed E-state index contributed by atoms with van der Waals surface area (Å²) >= 11 is 1.80. The number of thiophene rings is 1. The molecular formula is C18H25NS.